The molecule has 0 saturated carbocycles. The zero-order chi connectivity index (χ0) is 12.4. The molecule has 1 aromatic carbocycles. The Morgan fingerprint density at radius 3 is 2.47 bits per heavy atom. The van der Waals surface area contributed by atoms with Crippen LogP contribution in [0.25, 0.3) is 0 Å². The zero-order valence-electron chi connectivity index (χ0n) is 9.73. The van der Waals surface area contributed by atoms with E-state index in [1.54, 1.807) is 6.92 Å². The molecule has 0 aliphatic carbocycles. The minimum Gasteiger partial charge on any atom is -0.477 e. The molecular formula is C13H13NO2S. The summed E-state index contributed by atoms with van der Waals surface area (Å²) in [7, 11) is 0. The fraction of sp³-hybridized carbons (Fsp3) is 0.231. The average Bonchev–Trinajstić information content (AvgIpc) is 2.63. The van der Waals surface area contributed by atoms with Crippen molar-refractivity contribution in [2.45, 2.75) is 20.3 Å². The normalized spacial score (nSPS) is 10.5. The summed E-state index contributed by atoms with van der Waals surface area (Å²) in [5.74, 6) is -0.893. The number of aromatic nitrogens is 1. The molecular weight excluding hydrogens is 234 g/mol. The highest BCUT2D eigenvalue weighted by Gasteiger charge is 2.13. The summed E-state index contributed by atoms with van der Waals surface area (Å²) in [6.07, 6.45) is 0.694. The maximum atomic E-state index is 10.9. The summed E-state index contributed by atoms with van der Waals surface area (Å²) in [5.41, 5.74) is 2.97. The highest BCUT2D eigenvalue weighted by molar-refractivity contribution is 7.13. The molecule has 0 aliphatic heterocycles. The van der Waals surface area contributed by atoms with Crippen LogP contribution in [0.2, 0.25) is 0 Å². The first-order valence-corrected chi connectivity index (χ1v) is 6.13. The van der Waals surface area contributed by atoms with Crippen molar-refractivity contribution in [2.75, 3.05) is 0 Å². The first-order chi connectivity index (χ1) is 8.06. The molecule has 3 nitrogen and oxygen atoms in total. The lowest BCUT2D eigenvalue weighted by molar-refractivity contribution is 0.0701. The molecule has 4 heteroatoms. The van der Waals surface area contributed by atoms with Gasteiger partial charge in [0.2, 0.25) is 0 Å². The Morgan fingerprint density at radius 2 is 1.94 bits per heavy atom. The van der Waals surface area contributed by atoms with Crippen molar-refractivity contribution >= 4 is 17.3 Å². The van der Waals surface area contributed by atoms with Crippen LogP contribution in [-0.2, 0) is 6.42 Å². The van der Waals surface area contributed by atoms with Crippen LogP contribution in [0, 0.1) is 13.8 Å². The predicted octanol–water partition coefficient (Wildman–Crippen LogP) is 3.05. The third-order valence-electron chi connectivity index (χ3n) is 2.51. The molecule has 1 N–H and O–H groups in total. The van der Waals surface area contributed by atoms with Gasteiger partial charge in [-0.05, 0) is 19.4 Å². The van der Waals surface area contributed by atoms with Crippen LogP contribution >= 0.6 is 11.3 Å². The Kier molecular flexibility index (Phi) is 3.24. The summed E-state index contributed by atoms with van der Waals surface area (Å²) in [6.45, 7) is 3.78. The van der Waals surface area contributed by atoms with E-state index in [0.29, 0.717) is 17.0 Å². The number of benzene rings is 1. The summed E-state index contributed by atoms with van der Waals surface area (Å²) >= 11 is 1.26. The van der Waals surface area contributed by atoms with Crippen LogP contribution in [0.15, 0.2) is 24.3 Å². The van der Waals surface area contributed by atoms with E-state index in [0.717, 1.165) is 10.6 Å². The van der Waals surface area contributed by atoms with Gasteiger partial charge in [0, 0.05) is 6.42 Å². The molecule has 0 saturated heterocycles. The molecule has 2 rings (SSSR count). The molecule has 1 heterocycles. The van der Waals surface area contributed by atoms with Crippen LogP contribution < -0.4 is 0 Å². The number of carbonyl (C=O) groups is 1. The van der Waals surface area contributed by atoms with Crippen molar-refractivity contribution in [1.29, 1.82) is 0 Å². The van der Waals surface area contributed by atoms with Gasteiger partial charge in [0.25, 0.3) is 0 Å². The summed E-state index contributed by atoms with van der Waals surface area (Å²) in [6, 6.07) is 8.20. The van der Waals surface area contributed by atoms with Gasteiger partial charge in [-0.25, -0.2) is 9.78 Å². The molecule has 17 heavy (non-hydrogen) atoms. The molecule has 0 radical (unpaired) electrons. The first-order valence-electron chi connectivity index (χ1n) is 5.31. The lowest BCUT2D eigenvalue weighted by Crippen LogP contribution is -1.94. The minimum atomic E-state index is -0.893. The molecule has 2 aromatic rings. The molecule has 1 aromatic heterocycles. The molecule has 88 valence electrons. The number of hydrogen-bond donors (Lipinski definition) is 1. The van der Waals surface area contributed by atoms with E-state index < -0.39 is 5.97 Å². The van der Waals surface area contributed by atoms with Gasteiger partial charge in [-0.1, -0.05) is 29.8 Å². The zero-order valence-corrected chi connectivity index (χ0v) is 10.5. The van der Waals surface area contributed by atoms with Crippen molar-refractivity contribution in [1.82, 2.24) is 4.98 Å². The Bertz CT molecular complexity index is 543. The summed E-state index contributed by atoms with van der Waals surface area (Å²) < 4.78 is 0. The van der Waals surface area contributed by atoms with Crippen LogP contribution in [0.5, 0.6) is 0 Å². The summed E-state index contributed by atoms with van der Waals surface area (Å²) in [4.78, 5) is 15.5. The van der Waals surface area contributed by atoms with Crippen LogP contribution in [0.3, 0.4) is 0 Å². The second kappa shape index (κ2) is 4.67. The van der Waals surface area contributed by atoms with Gasteiger partial charge in [0.1, 0.15) is 4.88 Å². The van der Waals surface area contributed by atoms with Gasteiger partial charge in [0.15, 0.2) is 0 Å². The minimum absolute atomic E-state index is 0.340. The van der Waals surface area contributed by atoms with Gasteiger partial charge in [-0.15, -0.1) is 11.3 Å². The second-order valence-electron chi connectivity index (χ2n) is 3.99. The van der Waals surface area contributed by atoms with E-state index in [4.69, 9.17) is 5.11 Å². The van der Waals surface area contributed by atoms with Crippen molar-refractivity contribution in [2.24, 2.45) is 0 Å². The lowest BCUT2D eigenvalue weighted by atomic mass is 10.1. The number of hydrogen-bond acceptors (Lipinski definition) is 3. The van der Waals surface area contributed by atoms with E-state index in [9.17, 15) is 4.79 Å². The standard InChI is InChI=1S/C13H13NO2S/c1-8-3-5-10(6-4-8)7-11-14-9(2)12(17-11)13(15)16/h3-6H,7H2,1-2H3,(H,15,16). The molecule has 0 amide bonds. The molecule has 0 atom stereocenters. The average molecular weight is 247 g/mol. The SMILES string of the molecule is Cc1ccc(Cc2nc(C)c(C(=O)O)s2)cc1. The topological polar surface area (TPSA) is 50.2 Å². The number of thiazole rings is 1. The Labute approximate surface area is 104 Å². The first kappa shape index (κ1) is 11.8. The van der Waals surface area contributed by atoms with Gasteiger partial charge >= 0.3 is 5.97 Å². The van der Waals surface area contributed by atoms with Crippen molar-refractivity contribution in [3.63, 3.8) is 0 Å². The van der Waals surface area contributed by atoms with Crippen molar-refractivity contribution in [3.05, 3.63) is 51.0 Å². The fourth-order valence-corrected chi connectivity index (χ4v) is 2.54. The number of rotatable bonds is 3. The molecule has 0 aliphatic rings. The summed E-state index contributed by atoms with van der Waals surface area (Å²) in [5, 5.41) is 9.80. The molecule has 0 bridgehead atoms. The smallest absolute Gasteiger partial charge is 0.347 e. The van der Waals surface area contributed by atoms with Gasteiger partial charge in [-0.2, -0.15) is 0 Å². The van der Waals surface area contributed by atoms with E-state index in [1.165, 1.54) is 16.9 Å². The number of aryl methyl sites for hydroxylation is 2. The van der Waals surface area contributed by atoms with Crippen LogP contribution in [0.4, 0.5) is 0 Å². The van der Waals surface area contributed by atoms with Gasteiger partial charge < -0.3 is 5.11 Å². The Morgan fingerprint density at radius 1 is 1.29 bits per heavy atom. The Hall–Kier alpha value is -1.68. The highest BCUT2D eigenvalue weighted by atomic mass is 32.1. The van der Waals surface area contributed by atoms with Crippen molar-refractivity contribution < 1.29 is 9.90 Å². The predicted molar refractivity (Wildman–Crippen MR) is 67.8 cm³/mol. The van der Waals surface area contributed by atoms with Crippen LogP contribution in [0.1, 0.15) is 31.5 Å². The highest BCUT2D eigenvalue weighted by Crippen LogP contribution is 2.20. The maximum Gasteiger partial charge on any atom is 0.347 e. The largest absolute Gasteiger partial charge is 0.477 e. The third-order valence-corrected chi connectivity index (χ3v) is 3.66. The number of carboxylic acid groups (broad SMARTS) is 1. The monoisotopic (exact) mass is 247 g/mol. The number of carboxylic acids is 1. The van der Waals surface area contributed by atoms with Crippen LogP contribution in [-0.4, -0.2) is 16.1 Å². The number of nitrogens with zero attached hydrogens (tertiary/aromatic N) is 1. The van der Waals surface area contributed by atoms with Gasteiger partial charge in [0.05, 0.1) is 10.7 Å². The lowest BCUT2D eigenvalue weighted by Gasteiger charge is -1.98. The van der Waals surface area contributed by atoms with E-state index in [1.807, 2.05) is 31.2 Å². The number of aromatic carboxylic acids is 1. The molecule has 0 unspecified atom stereocenters. The quantitative estimate of drug-likeness (QED) is 0.906. The van der Waals surface area contributed by atoms with Gasteiger partial charge in [-0.3, -0.25) is 0 Å². The third kappa shape index (κ3) is 2.71. The second-order valence-corrected chi connectivity index (χ2v) is 5.07. The fourth-order valence-electron chi connectivity index (χ4n) is 1.61. The van der Waals surface area contributed by atoms with E-state index >= 15 is 0 Å². The van der Waals surface area contributed by atoms with Crippen molar-refractivity contribution in [3.8, 4) is 0 Å². The Balaban J connectivity index is 2.22. The molecule has 0 fully saturated rings. The van der Waals surface area contributed by atoms with E-state index in [2.05, 4.69) is 4.98 Å². The van der Waals surface area contributed by atoms with E-state index in [-0.39, 0.29) is 0 Å². The maximum absolute atomic E-state index is 10.9. The molecule has 0 spiro atoms.